The molecular weight excluding hydrogens is 701 g/mol. The van der Waals surface area contributed by atoms with E-state index in [9.17, 15) is 0 Å². The Kier molecular flexibility index (Phi) is 6.47. The maximum Gasteiger partial charge on any atom is 0.0625 e. The van der Waals surface area contributed by atoms with Gasteiger partial charge < -0.3 is 9.13 Å². The molecular formula is C56H34N2. The molecule has 2 aromatic heterocycles. The maximum atomic E-state index is 2.55. The number of hydrogen-bond donors (Lipinski definition) is 0. The zero-order chi connectivity index (χ0) is 37.9. The van der Waals surface area contributed by atoms with Crippen LogP contribution in [0.15, 0.2) is 206 Å². The van der Waals surface area contributed by atoms with Gasteiger partial charge in [0.25, 0.3) is 0 Å². The Hall–Kier alpha value is -7.68. The van der Waals surface area contributed by atoms with Crippen LogP contribution in [0.4, 0.5) is 0 Å². The van der Waals surface area contributed by atoms with Gasteiger partial charge in [-0.05, 0) is 98.2 Å². The van der Waals surface area contributed by atoms with Crippen LogP contribution >= 0.6 is 0 Å². The standard InChI is InChI=1S/C56H34N2/c1-2-14-35(15-3-1)36-16-12-17-39(32-36)57-50-26-10-8-20-42(50)48-33-37(28-30-52(48)57)38-29-31-53-49(34-38)43-21-9-11-27-51(43)58(53)56-47-23-7-5-19-41(47)45-25-13-24-44-40-18-4-6-22-46(40)55(56)54(44)45/h1-34H. The van der Waals surface area contributed by atoms with E-state index in [0.29, 0.717) is 0 Å². The Morgan fingerprint density at radius 1 is 0.259 bits per heavy atom. The van der Waals surface area contributed by atoms with Crippen molar-refractivity contribution in [2.45, 2.75) is 0 Å². The third-order valence-corrected chi connectivity index (χ3v) is 12.6. The zero-order valence-electron chi connectivity index (χ0n) is 31.5. The minimum atomic E-state index is 1.16. The number of para-hydroxylation sites is 2. The van der Waals surface area contributed by atoms with Crippen LogP contribution < -0.4 is 0 Å². The summed E-state index contributed by atoms with van der Waals surface area (Å²) in [6.45, 7) is 0. The molecule has 0 atom stereocenters. The summed E-state index contributed by atoms with van der Waals surface area (Å²) in [6, 6.07) is 76.1. The van der Waals surface area contributed by atoms with Gasteiger partial charge in [0.1, 0.15) is 0 Å². The number of benzene rings is 10. The predicted molar refractivity (Wildman–Crippen MR) is 245 cm³/mol. The molecule has 0 amide bonds. The Bertz CT molecular complexity index is 3670. The fourth-order valence-corrected chi connectivity index (χ4v) is 10.2. The Morgan fingerprint density at radius 3 is 1.50 bits per heavy atom. The molecule has 0 bridgehead atoms. The van der Waals surface area contributed by atoms with Gasteiger partial charge in [-0.3, -0.25) is 0 Å². The molecule has 0 saturated heterocycles. The van der Waals surface area contributed by atoms with E-state index >= 15 is 0 Å². The van der Waals surface area contributed by atoms with Crippen molar-refractivity contribution < 1.29 is 0 Å². The molecule has 13 rings (SSSR count). The topological polar surface area (TPSA) is 9.86 Å². The molecule has 0 saturated carbocycles. The highest BCUT2D eigenvalue weighted by molar-refractivity contribution is 6.28. The van der Waals surface area contributed by atoms with E-state index in [1.807, 2.05) is 0 Å². The van der Waals surface area contributed by atoms with Crippen LogP contribution in [0.2, 0.25) is 0 Å². The highest BCUT2D eigenvalue weighted by Crippen LogP contribution is 2.54. The summed E-state index contributed by atoms with van der Waals surface area (Å²) in [4.78, 5) is 0. The molecule has 1 aliphatic carbocycles. The average molecular weight is 735 g/mol. The van der Waals surface area contributed by atoms with Gasteiger partial charge in [-0.1, -0.05) is 158 Å². The van der Waals surface area contributed by atoms with Gasteiger partial charge in [-0.15, -0.1) is 0 Å². The lowest BCUT2D eigenvalue weighted by molar-refractivity contribution is 1.18. The lowest BCUT2D eigenvalue weighted by atomic mass is 9.94. The summed E-state index contributed by atoms with van der Waals surface area (Å²) in [5.41, 5.74) is 17.4. The summed E-state index contributed by atoms with van der Waals surface area (Å²) in [5, 5.41) is 10.2. The Morgan fingerprint density at radius 2 is 0.759 bits per heavy atom. The quantitative estimate of drug-likeness (QED) is 0.159. The van der Waals surface area contributed by atoms with Crippen LogP contribution in [0.5, 0.6) is 0 Å². The van der Waals surface area contributed by atoms with E-state index in [-0.39, 0.29) is 0 Å². The SMILES string of the molecule is c1ccc(-c2cccc(-n3c4ccccc4c4cc(-c5ccc6c(c5)c5ccccc5n6-c5c6c7c(cccc7c7ccccc57)-c5ccccc5-6)ccc43)c2)cc1. The highest BCUT2D eigenvalue weighted by atomic mass is 15.0. The van der Waals surface area contributed by atoms with Crippen LogP contribution in [0.3, 0.4) is 0 Å². The summed E-state index contributed by atoms with van der Waals surface area (Å²) < 4.78 is 4.96. The monoisotopic (exact) mass is 734 g/mol. The first-order valence-corrected chi connectivity index (χ1v) is 20.1. The normalized spacial score (nSPS) is 12.1. The summed E-state index contributed by atoms with van der Waals surface area (Å²) in [5.74, 6) is 0. The fourth-order valence-electron chi connectivity index (χ4n) is 10.2. The Balaban J connectivity index is 1.03. The molecule has 0 N–H and O–H groups in total. The number of hydrogen-bond acceptors (Lipinski definition) is 0. The second-order valence-corrected chi connectivity index (χ2v) is 15.6. The van der Waals surface area contributed by atoms with Crippen LogP contribution in [0.1, 0.15) is 0 Å². The molecule has 2 nitrogen and oxygen atoms in total. The van der Waals surface area contributed by atoms with E-state index < -0.39 is 0 Å². The minimum absolute atomic E-state index is 1.16. The summed E-state index contributed by atoms with van der Waals surface area (Å²) in [7, 11) is 0. The van der Waals surface area contributed by atoms with Crippen molar-refractivity contribution in [3.63, 3.8) is 0 Å². The van der Waals surface area contributed by atoms with Crippen molar-refractivity contribution in [1.82, 2.24) is 9.13 Å². The molecule has 268 valence electrons. The van der Waals surface area contributed by atoms with Crippen LogP contribution in [-0.4, -0.2) is 9.13 Å². The van der Waals surface area contributed by atoms with E-state index in [4.69, 9.17) is 0 Å². The number of nitrogens with zero attached hydrogens (tertiary/aromatic N) is 2. The van der Waals surface area contributed by atoms with Crippen molar-refractivity contribution in [3.05, 3.63) is 206 Å². The molecule has 0 radical (unpaired) electrons. The predicted octanol–water partition coefficient (Wildman–Crippen LogP) is 15.2. The van der Waals surface area contributed by atoms with Gasteiger partial charge >= 0.3 is 0 Å². The molecule has 0 fully saturated rings. The average Bonchev–Trinajstić information content (AvgIpc) is 3.93. The number of aromatic nitrogens is 2. The molecule has 10 aromatic carbocycles. The minimum Gasteiger partial charge on any atom is -0.309 e. The molecule has 2 heteroatoms. The first-order chi connectivity index (χ1) is 28.8. The first kappa shape index (κ1) is 31.5. The third-order valence-electron chi connectivity index (χ3n) is 12.6. The third kappa shape index (κ3) is 4.32. The largest absolute Gasteiger partial charge is 0.309 e. The van der Waals surface area contributed by atoms with Gasteiger partial charge in [0, 0.05) is 43.6 Å². The van der Waals surface area contributed by atoms with Gasteiger partial charge in [-0.25, -0.2) is 0 Å². The van der Waals surface area contributed by atoms with E-state index in [2.05, 4.69) is 215 Å². The Labute approximate surface area is 335 Å². The molecule has 0 spiro atoms. The maximum absolute atomic E-state index is 2.55. The second kappa shape index (κ2) is 11.9. The van der Waals surface area contributed by atoms with E-state index in [1.165, 1.54) is 115 Å². The van der Waals surface area contributed by atoms with Crippen LogP contribution in [0.25, 0.3) is 121 Å². The van der Waals surface area contributed by atoms with Crippen molar-refractivity contribution >= 4 is 65.2 Å². The van der Waals surface area contributed by atoms with Gasteiger partial charge in [0.15, 0.2) is 0 Å². The smallest absolute Gasteiger partial charge is 0.0625 e. The fraction of sp³-hybridized carbons (Fsp3) is 0. The lowest BCUT2D eigenvalue weighted by Crippen LogP contribution is -1.99. The van der Waals surface area contributed by atoms with E-state index in [1.54, 1.807) is 0 Å². The van der Waals surface area contributed by atoms with Gasteiger partial charge in [0.2, 0.25) is 0 Å². The van der Waals surface area contributed by atoms with Crippen molar-refractivity contribution in [2.75, 3.05) is 0 Å². The lowest BCUT2D eigenvalue weighted by Gasteiger charge is -2.18. The number of rotatable bonds is 4. The molecule has 1 aliphatic rings. The molecule has 2 heterocycles. The molecule has 0 aliphatic heterocycles. The molecule has 0 unspecified atom stereocenters. The summed E-state index contributed by atoms with van der Waals surface area (Å²) in [6.07, 6.45) is 0. The summed E-state index contributed by atoms with van der Waals surface area (Å²) >= 11 is 0. The van der Waals surface area contributed by atoms with Crippen LogP contribution in [0, 0.1) is 0 Å². The van der Waals surface area contributed by atoms with Gasteiger partial charge in [-0.2, -0.15) is 0 Å². The molecule has 12 aromatic rings. The highest BCUT2D eigenvalue weighted by Gasteiger charge is 2.28. The van der Waals surface area contributed by atoms with Gasteiger partial charge in [0.05, 0.1) is 27.8 Å². The second-order valence-electron chi connectivity index (χ2n) is 15.6. The van der Waals surface area contributed by atoms with Crippen molar-refractivity contribution in [3.8, 4) is 55.9 Å². The van der Waals surface area contributed by atoms with E-state index in [0.717, 1.165) is 5.69 Å². The van der Waals surface area contributed by atoms with Crippen LogP contribution in [-0.2, 0) is 0 Å². The molecule has 58 heavy (non-hydrogen) atoms. The zero-order valence-corrected chi connectivity index (χ0v) is 31.5. The number of fused-ring (bicyclic) bond motifs is 11. The van der Waals surface area contributed by atoms with Crippen molar-refractivity contribution in [2.24, 2.45) is 0 Å². The van der Waals surface area contributed by atoms with Crippen molar-refractivity contribution in [1.29, 1.82) is 0 Å². The first-order valence-electron chi connectivity index (χ1n) is 20.1.